The van der Waals surface area contributed by atoms with Crippen LogP contribution < -0.4 is 4.90 Å². The zero-order valence-corrected chi connectivity index (χ0v) is 13.3. The number of carbonyl (C=O) groups excluding carboxylic acids is 1. The highest BCUT2D eigenvalue weighted by Crippen LogP contribution is 2.38. The van der Waals surface area contributed by atoms with E-state index in [2.05, 4.69) is 31.9 Å². The van der Waals surface area contributed by atoms with E-state index >= 15 is 0 Å². The number of hydrogen-bond acceptors (Lipinski definition) is 2. The first kappa shape index (κ1) is 15.1. The Labute approximate surface area is 123 Å². The predicted molar refractivity (Wildman–Crippen MR) is 85.5 cm³/mol. The van der Waals surface area contributed by atoms with E-state index in [1.165, 1.54) is 25.7 Å². The summed E-state index contributed by atoms with van der Waals surface area (Å²) in [6, 6.07) is 8.61. The molecule has 0 spiro atoms. The van der Waals surface area contributed by atoms with Gasteiger partial charge in [0, 0.05) is 30.8 Å². The molecule has 0 amide bonds. The van der Waals surface area contributed by atoms with Crippen LogP contribution in [0.25, 0.3) is 0 Å². The first-order valence-electron chi connectivity index (χ1n) is 7.79. The van der Waals surface area contributed by atoms with Crippen LogP contribution in [-0.4, -0.2) is 18.9 Å². The average molecular weight is 273 g/mol. The van der Waals surface area contributed by atoms with Gasteiger partial charge in [0.25, 0.3) is 0 Å². The van der Waals surface area contributed by atoms with Gasteiger partial charge in [-0.25, -0.2) is 0 Å². The van der Waals surface area contributed by atoms with Crippen molar-refractivity contribution in [2.75, 3.05) is 11.9 Å². The summed E-state index contributed by atoms with van der Waals surface area (Å²) in [6.07, 6.45) is 5.55. The van der Waals surface area contributed by atoms with Gasteiger partial charge in [-0.3, -0.25) is 4.79 Å². The molecule has 0 bridgehead atoms. The molecule has 2 rings (SSSR count). The molecular weight excluding hydrogens is 246 g/mol. The summed E-state index contributed by atoms with van der Waals surface area (Å²) < 4.78 is 0. The lowest BCUT2D eigenvalue weighted by Gasteiger charge is -2.40. The second kappa shape index (κ2) is 5.99. The minimum Gasteiger partial charge on any atom is -0.371 e. The minimum absolute atomic E-state index is 0.239. The van der Waals surface area contributed by atoms with Crippen LogP contribution >= 0.6 is 0 Å². The van der Waals surface area contributed by atoms with Crippen LogP contribution in [0.5, 0.6) is 0 Å². The van der Waals surface area contributed by atoms with Crippen molar-refractivity contribution in [2.45, 2.75) is 58.9 Å². The molecule has 1 fully saturated rings. The fourth-order valence-corrected chi connectivity index (χ4v) is 3.18. The van der Waals surface area contributed by atoms with Crippen molar-refractivity contribution in [3.63, 3.8) is 0 Å². The number of anilines is 1. The van der Waals surface area contributed by atoms with E-state index in [0.29, 0.717) is 17.9 Å². The molecule has 0 heterocycles. The highest BCUT2D eigenvalue weighted by atomic mass is 16.1. The smallest absolute Gasteiger partial charge is 0.164 e. The fourth-order valence-electron chi connectivity index (χ4n) is 3.18. The van der Waals surface area contributed by atoms with Crippen LogP contribution in [0.3, 0.4) is 0 Å². The number of carbonyl (C=O) groups is 1. The highest BCUT2D eigenvalue weighted by Gasteiger charge is 2.29. The normalized spacial score (nSPS) is 18.8. The van der Waals surface area contributed by atoms with Gasteiger partial charge in [0.1, 0.15) is 0 Å². The van der Waals surface area contributed by atoms with Crippen LogP contribution in [0, 0.1) is 5.41 Å². The van der Waals surface area contributed by atoms with E-state index in [4.69, 9.17) is 0 Å². The van der Waals surface area contributed by atoms with Crippen molar-refractivity contribution in [1.29, 1.82) is 0 Å². The fraction of sp³-hybridized carbons (Fsp3) is 0.611. The lowest BCUT2D eigenvalue weighted by molar-refractivity contribution is 0.0988. The summed E-state index contributed by atoms with van der Waals surface area (Å²) in [5, 5.41) is 0. The summed E-state index contributed by atoms with van der Waals surface area (Å²) in [7, 11) is 2.14. The second-order valence-electron chi connectivity index (χ2n) is 6.80. The summed E-state index contributed by atoms with van der Waals surface area (Å²) in [5.74, 6) is 0.239. The Bertz CT molecular complexity index is 468. The molecule has 0 aromatic heterocycles. The molecule has 2 heteroatoms. The first-order chi connectivity index (χ1) is 9.44. The first-order valence-corrected chi connectivity index (χ1v) is 7.79. The number of para-hydroxylation sites is 1. The molecule has 20 heavy (non-hydrogen) atoms. The van der Waals surface area contributed by atoms with Crippen LogP contribution in [0.2, 0.25) is 0 Å². The molecule has 2 nitrogen and oxygen atoms in total. The Balaban J connectivity index is 2.17. The van der Waals surface area contributed by atoms with Crippen LogP contribution in [0.15, 0.2) is 24.3 Å². The SMILES string of the molecule is CCC(=O)c1ccccc1N(C)C1CCC(C)(C)CC1. The molecule has 1 saturated carbocycles. The van der Waals surface area contributed by atoms with Crippen LogP contribution in [-0.2, 0) is 0 Å². The third-order valence-corrected chi connectivity index (χ3v) is 4.76. The van der Waals surface area contributed by atoms with Gasteiger partial charge >= 0.3 is 0 Å². The molecule has 1 aromatic rings. The Morgan fingerprint density at radius 3 is 2.45 bits per heavy atom. The van der Waals surface area contributed by atoms with Crippen molar-refractivity contribution in [3.05, 3.63) is 29.8 Å². The maximum absolute atomic E-state index is 12.1. The molecule has 1 aliphatic carbocycles. The lowest BCUT2D eigenvalue weighted by Crippen LogP contribution is -2.37. The highest BCUT2D eigenvalue weighted by molar-refractivity contribution is 6.01. The van der Waals surface area contributed by atoms with Gasteiger partial charge in [-0.1, -0.05) is 32.9 Å². The van der Waals surface area contributed by atoms with Gasteiger partial charge in [0.15, 0.2) is 5.78 Å². The summed E-state index contributed by atoms with van der Waals surface area (Å²) in [6.45, 7) is 6.65. The van der Waals surface area contributed by atoms with E-state index in [-0.39, 0.29) is 5.78 Å². The van der Waals surface area contributed by atoms with E-state index in [9.17, 15) is 4.79 Å². The maximum Gasteiger partial charge on any atom is 0.164 e. The van der Waals surface area contributed by atoms with Crippen molar-refractivity contribution in [3.8, 4) is 0 Å². The Morgan fingerprint density at radius 1 is 1.25 bits per heavy atom. The van der Waals surface area contributed by atoms with E-state index in [1.807, 2.05) is 25.1 Å². The number of nitrogens with zero attached hydrogens (tertiary/aromatic N) is 1. The number of rotatable bonds is 4. The number of hydrogen-bond donors (Lipinski definition) is 0. The van der Waals surface area contributed by atoms with E-state index < -0.39 is 0 Å². The quantitative estimate of drug-likeness (QED) is 0.742. The van der Waals surface area contributed by atoms with Gasteiger partial charge in [0.2, 0.25) is 0 Å². The maximum atomic E-state index is 12.1. The van der Waals surface area contributed by atoms with Crippen LogP contribution in [0.4, 0.5) is 5.69 Å². The topological polar surface area (TPSA) is 20.3 Å². The molecular formula is C18H27NO. The molecule has 1 aliphatic rings. The standard InChI is InChI=1S/C18H27NO/c1-5-17(20)15-8-6-7-9-16(15)19(4)14-10-12-18(2,3)13-11-14/h6-9,14H,5,10-13H2,1-4H3. The molecule has 0 radical (unpaired) electrons. The molecule has 0 N–H and O–H groups in total. The molecule has 110 valence electrons. The number of ketones is 1. The third kappa shape index (κ3) is 3.23. The largest absolute Gasteiger partial charge is 0.371 e. The van der Waals surface area contributed by atoms with Crippen molar-refractivity contribution in [1.82, 2.24) is 0 Å². The molecule has 0 aliphatic heterocycles. The van der Waals surface area contributed by atoms with Gasteiger partial charge < -0.3 is 4.90 Å². The zero-order chi connectivity index (χ0) is 14.8. The Kier molecular flexibility index (Phi) is 4.52. The Morgan fingerprint density at radius 2 is 1.85 bits per heavy atom. The zero-order valence-electron chi connectivity index (χ0n) is 13.3. The van der Waals surface area contributed by atoms with Crippen LogP contribution in [0.1, 0.15) is 63.2 Å². The second-order valence-corrected chi connectivity index (χ2v) is 6.80. The average Bonchev–Trinajstić information content (AvgIpc) is 2.45. The molecule has 0 saturated heterocycles. The van der Waals surface area contributed by atoms with Gasteiger partial charge in [0.05, 0.1) is 0 Å². The summed E-state index contributed by atoms with van der Waals surface area (Å²) in [4.78, 5) is 14.4. The van der Waals surface area contributed by atoms with Crippen molar-refractivity contribution < 1.29 is 4.79 Å². The third-order valence-electron chi connectivity index (χ3n) is 4.76. The van der Waals surface area contributed by atoms with Crippen molar-refractivity contribution in [2.24, 2.45) is 5.41 Å². The monoisotopic (exact) mass is 273 g/mol. The van der Waals surface area contributed by atoms with Gasteiger partial charge in [-0.05, 0) is 43.2 Å². The number of Topliss-reactive ketones (excluding diaryl/α,β-unsaturated/α-hetero) is 1. The molecule has 0 unspecified atom stereocenters. The van der Waals surface area contributed by atoms with Gasteiger partial charge in [-0.2, -0.15) is 0 Å². The number of benzene rings is 1. The molecule has 0 atom stereocenters. The van der Waals surface area contributed by atoms with E-state index in [0.717, 1.165) is 11.3 Å². The lowest BCUT2D eigenvalue weighted by atomic mass is 9.75. The van der Waals surface area contributed by atoms with Crippen molar-refractivity contribution >= 4 is 11.5 Å². The summed E-state index contributed by atoms with van der Waals surface area (Å²) in [5.41, 5.74) is 2.46. The Hall–Kier alpha value is -1.31. The van der Waals surface area contributed by atoms with E-state index in [1.54, 1.807) is 0 Å². The molecule has 1 aromatic carbocycles. The predicted octanol–water partition coefficient (Wildman–Crippen LogP) is 4.68. The summed E-state index contributed by atoms with van der Waals surface area (Å²) >= 11 is 0. The minimum atomic E-state index is 0.239. The van der Waals surface area contributed by atoms with Gasteiger partial charge in [-0.15, -0.1) is 0 Å².